The van der Waals surface area contributed by atoms with Gasteiger partial charge in [0.05, 0.1) is 12.3 Å². The minimum atomic E-state index is -4.33. The fourth-order valence-corrected chi connectivity index (χ4v) is 1.82. The highest BCUT2D eigenvalue weighted by molar-refractivity contribution is 7.86. The van der Waals surface area contributed by atoms with E-state index < -0.39 is 10.1 Å². The molecule has 1 atom stereocenters. The lowest BCUT2D eigenvalue weighted by atomic mass is 10.2. The first kappa shape index (κ1) is 12.8. The van der Waals surface area contributed by atoms with Gasteiger partial charge in [-0.15, -0.1) is 0 Å². The van der Waals surface area contributed by atoms with Gasteiger partial charge in [-0.1, -0.05) is 0 Å². The molecule has 0 aromatic heterocycles. The van der Waals surface area contributed by atoms with E-state index in [1.807, 2.05) is 0 Å². The summed E-state index contributed by atoms with van der Waals surface area (Å²) in [5.74, 6) is 0. The third kappa shape index (κ3) is 3.09. The smallest absolute Gasteiger partial charge is 0.296 e. The summed E-state index contributed by atoms with van der Waals surface area (Å²) in [5.41, 5.74) is 5.86. The molecule has 0 fully saturated rings. The van der Waals surface area contributed by atoms with Crippen molar-refractivity contribution in [1.29, 1.82) is 0 Å². The molecule has 1 rings (SSSR count). The second-order valence-electron chi connectivity index (χ2n) is 3.46. The van der Waals surface area contributed by atoms with Crippen LogP contribution in [0, 0.1) is 0 Å². The van der Waals surface area contributed by atoms with Crippen molar-refractivity contribution in [3.8, 4) is 0 Å². The molecule has 90 valence electrons. The zero-order valence-corrected chi connectivity index (χ0v) is 9.53. The summed E-state index contributed by atoms with van der Waals surface area (Å²) in [5, 5.41) is 11.7. The molecule has 0 heterocycles. The Morgan fingerprint density at radius 2 is 2.12 bits per heavy atom. The van der Waals surface area contributed by atoms with E-state index >= 15 is 0 Å². The number of nitrogens with one attached hydrogen (secondary N) is 1. The Kier molecular flexibility index (Phi) is 3.74. The van der Waals surface area contributed by atoms with Crippen molar-refractivity contribution in [3.05, 3.63) is 18.2 Å². The van der Waals surface area contributed by atoms with Gasteiger partial charge >= 0.3 is 0 Å². The standard InChI is InChI=1S/C9H14N2O4S/c1-6(5-12)11-7-2-3-8(10)9(4-7)16(13,14)15/h2-4,6,11-12H,5,10H2,1H3,(H,13,14,15). The number of benzene rings is 1. The number of aliphatic hydroxyl groups excluding tert-OH is 1. The predicted molar refractivity (Wildman–Crippen MR) is 60.8 cm³/mol. The Balaban J connectivity index is 3.08. The van der Waals surface area contributed by atoms with Crippen LogP contribution in [0.2, 0.25) is 0 Å². The lowest BCUT2D eigenvalue weighted by Crippen LogP contribution is -2.19. The molecule has 1 aromatic rings. The largest absolute Gasteiger partial charge is 0.398 e. The molecule has 0 bridgehead atoms. The monoisotopic (exact) mass is 246 g/mol. The predicted octanol–water partition coefficient (Wildman–Crippen LogP) is 0.308. The lowest BCUT2D eigenvalue weighted by Gasteiger charge is -2.13. The zero-order chi connectivity index (χ0) is 12.3. The van der Waals surface area contributed by atoms with Gasteiger partial charge in [-0.25, -0.2) is 0 Å². The molecular weight excluding hydrogens is 232 g/mol. The van der Waals surface area contributed by atoms with Crippen molar-refractivity contribution in [2.75, 3.05) is 17.7 Å². The summed E-state index contributed by atoms with van der Waals surface area (Å²) in [6.45, 7) is 1.63. The normalized spacial score (nSPS) is 13.4. The molecule has 7 heteroatoms. The van der Waals surface area contributed by atoms with Crippen LogP contribution in [0.3, 0.4) is 0 Å². The Bertz CT molecular complexity index is 472. The topological polar surface area (TPSA) is 113 Å². The SMILES string of the molecule is CC(CO)Nc1ccc(N)c(S(=O)(=O)O)c1. The summed E-state index contributed by atoms with van der Waals surface area (Å²) in [6.07, 6.45) is 0. The molecule has 0 aliphatic carbocycles. The molecular formula is C9H14N2O4S. The molecule has 0 saturated heterocycles. The second kappa shape index (κ2) is 4.69. The Labute approximate surface area is 93.8 Å². The fraction of sp³-hybridized carbons (Fsp3) is 0.333. The summed E-state index contributed by atoms with van der Waals surface area (Å²) < 4.78 is 30.8. The number of rotatable bonds is 4. The van der Waals surface area contributed by atoms with Crippen molar-refractivity contribution < 1.29 is 18.1 Å². The number of anilines is 2. The fourth-order valence-electron chi connectivity index (χ4n) is 1.18. The summed E-state index contributed by atoms with van der Waals surface area (Å²) in [6, 6.07) is 3.93. The van der Waals surface area contributed by atoms with Crippen molar-refractivity contribution in [1.82, 2.24) is 0 Å². The number of nitrogen functional groups attached to an aromatic ring is 1. The quantitative estimate of drug-likeness (QED) is 0.449. The Morgan fingerprint density at radius 1 is 1.50 bits per heavy atom. The number of aliphatic hydroxyl groups is 1. The molecule has 0 aliphatic rings. The van der Waals surface area contributed by atoms with Gasteiger partial charge in [0.2, 0.25) is 0 Å². The maximum Gasteiger partial charge on any atom is 0.296 e. The minimum Gasteiger partial charge on any atom is -0.398 e. The maximum absolute atomic E-state index is 11.0. The molecule has 0 spiro atoms. The first-order valence-corrected chi connectivity index (χ1v) is 6.03. The third-order valence-corrected chi connectivity index (χ3v) is 2.89. The van der Waals surface area contributed by atoms with Gasteiger partial charge in [-0.3, -0.25) is 4.55 Å². The molecule has 0 radical (unpaired) electrons. The van der Waals surface area contributed by atoms with Crippen LogP contribution in [-0.2, 0) is 10.1 Å². The molecule has 0 amide bonds. The Hall–Kier alpha value is -1.31. The molecule has 1 unspecified atom stereocenters. The first-order valence-electron chi connectivity index (χ1n) is 4.59. The number of hydrogen-bond donors (Lipinski definition) is 4. The van der Waals surface area contributed by atoms with Crippen LogP contribution >= 0.6 is 0 Å². The zero-order valence-electron chi connectivity index (χ0n) is 8.71. The van der Waals surface area contributed by atoms with Gasteiger partial charge in [0, 0.05) is 11.7 Å². The van der Waals surface area contributed by atoms with E-state index in [0.717, 1.165) is 0 Å². The number of hydrogen-bond acceptors (Lipinski definition) is 5. The van der Waals surface area contributed by atoms with Crippen molar-refractivity contribution >= 4 is 21.5 Å². The van der Waals surface area contributed by atoms with Crippen LogP contribution in [0.1, 0.15) is 6.92 Å². The van der Waals surface area contributed by atoms with E-state index in [1.165, 1.54) is 12.1 Å². The van der Waals surface area contributed by atoms with Gasteiger partial charge in [-0.2, -0.15) is 8.42 Å². The van der Waals surface area contributed by atoms with E-state index in [2.05, 4.69) is 5.32 Å². The van der Waals surface area contributed by atoms with E-state index in [1.54, 1.807) is 13.0 Å². The minimum absolute atomic E-state index is 0.0234. The van der Waals surface area contributed by atoms with Gasteiger partial charge < -0.3 is 16.2 Å². The average Bonchev–Trinajstić information content (AvgIpc) is 2.19. The van der Waals surface area contributed by atoms with Crippen LogP contribution in [0.25, 0.3) is 0 Å². The summed E-state index contributed by atoms with van der Waals surface area (Å²) in [7, 11) is -4.33. The van der Waals surface area contributed by atoms with Crippen LogP contribution in [-0.4, -0.2) is 30.7 Å². The highest BCUT2D eigenvalue weighted by Crippen LogP contribution is 2.22. The van der Waals surface area contributed by atoms with Crippen molar-refractivity contribution in [2.45, 2.75) is 17.9 Å². The molecule has 0 saturated carbocycles. The summed E-state index contributed by atoms with van der Waals surface area (Å²) in [4.78, 5) is -0.345. The van der Waals surface area contributed by atoms with Gasteiger partial charge in [-0.05, 0) is 25.1 Å². The highest BCUT2D eigenvalue weighted by Gasteiger charge is 2.14. The van der Waals surface area contributed by atoms with E-state index in [4.69, 9.17) is 15.4 Å². The highest BCUT2D eigenvalue weighted by atomic mass is 32.2. The van der Waals surface area contributed by atoms with Gasteiger partial charge in [0.1, 0.15) is 4.90 Å². The van der Waals surface area contributed by atoms with Gasteiger partial charge in [0.25, 0.3) is 10.1 Å². The molecule has 1 aromatic carbocycles. The van der Waals surface area contributed by atoms with E-state index in [-0.39, 0.29) is 23.2 Å². The van der Waals surface area contributed by atoms with Gasteiger partial charge in [0.15, 0.2) is 0 Å². The molecule has 5 N–H and O–H groups in total. The van der Waals surface area contributed by atoms with Crippen molar-refractivity contribution in [3.63, 3.8) is 0 Å². The van der Waals surface area contributed by atoms with Crippen LogP contribution in [0.15, 0.2) is 23.1 Å². The second-order valence-corrected chi connectivity index (χ2v) is 4.85. The molecule has 0 aliphatic heterocycles. The third-order valence-electron chi connectivity index (χ3n) is 1.98. The van der Waals surface area contributed by atoms with Crippen LogP contribution in [0.5, 0.6) is 0 Å². The molecule has 16 heavy (non-hydrogen) atoms. The van der Waals surface area contributed by atoms with Crippen molar-refractivity contribution in [2.24, 2.45) is 0 Å². The number of nitrogens with two attached hydrogens (primary N) is 1. The Morgan fingerprint density at radius 3 is 2.62 bits per heavy atom. The lowest BCUT2D eigenvalue weighted by molar-refractivity contribution is 0.281. The van der Waals surface area contributed by atoms with E-state index in [9.17, 15) is 8.42 Å². The van der Waals surface area contributed by atoms with E-state index in [0.29, 0.717) is 5.69 Å². The summed E-state index contributed by atoms with van der Waals surface area (Å²) >= 11 is 0. The average molecular weight is 246 g/mol. The first-order chi connectivity index (χ1) is 7.34. The maximum atomic E-state index is 11.0. The van der Waals surface area contributed by atoms with Crippen LogP contribution < -0.4 is 11.1 Å². The van der Waals surface area contributed by atoms with Crippen LogP contribution in [0.4, 0.5) is 11.4 Å². The molecule has 6 nitrogen and oxygen atoms in total.